The van der Waals surface area contributed by atoms with Crippen molar-refractivity contribution in [2.24, 2.45) is 0 Å². The van der Waals surface area contributed by atoms with Gasteiger partial charge in [-0.25, -0.2) is 4.68 Å². The Bertz CT molecular complexity index is 803. The molecule has 138 valence electrons. The highest BCUT2D eigenvalue weighted by atomic mass is 35.5. The van der Waals surface area contributed by atoms with Gasteiger partial charge in [-0.05, 0) is 56.5 Å². The number of carbonyl (C=O) groups excluding carboxylic acids is 1. The van der Waals surface area contributed by atoms with Gasteiger partial charge in [0.15, 0.2) is 5.69 Å². The molecular weight excluding hydrogens is 373 g/mol. The lowest BCUT2D eigenvalue weighted by Crippen LogP contribution is -2.31. The molecule has 6 nitrogen and oxygen atoms in total. The van der Waals surface area contributed by atoms with Crippen molar-refractivity contribution in [1.29, 1.82) is 0 Å². The molecule has 1 unspecified atom stereocenters. The van der Waals surface area contributed by atoms with E-state index < -0.39 is 0 Å². The molecule has 8 heteroatoms. The van der Waals surface area contributed by atoms with Crippen LogP contribution in [0.25, 0.3) is 0 Å². The zero-order valence-corrected chi connectivity index (χ0v) is 15.9. The van der Waals surface area contributed by atoms with E-state index in [1.165, 1.54) is 0 Å². The first-order valence-corrected chi connectivity index (χ1v) is 9.77. The van der Waals surface area contributed by atoms with Crippen molar-refractivity contribution >= 4 is 29.1 Å². The van der Waals surface area contributed by atoms with E-state index in [1.807, 2.05) is 21.7 Å². The van der Waals surface area contributed by atoms with Crippen molar-refractivity contribution in [2.45, 2.75) is 37.8 Å². The topological polar surface area (TPSA) is 63.1 Å². The summed E-state index contributed by atoms with van der Waals surface area (Å²) >= 11 is 12.2. The van der Waals surface area contributed by atoms with Gasteiger partial charge in [-0.2, -0.15) is 0 Å². The van der Waals surface area contributed by atoms with E-state index in [2.05, 4.69) is 15.6 Å². The van der Waals surface area contributed by atoms with Crippen LogP contribution in [0.3, 0.4) is 0 Å². The van der Waals surface area contributed by atoms with Crippen LogP contribution in [0.2, 0.25) is 10.0 Å². The second-order valence-corrected chi connectivity index (χ2v) is 7.71. The van der Waals surface area contributed by atoms with Crippen LogP contribution in [-0.2, 0) is 0 Å². The van der Waals surface area contributed by atoms with E-state index in [0.29, 0.717) is 28.3 Å². The van der Waals surface area contributed by atoms with E-state index in [4.69, 9.17) is 23.2 Å². The van der Waals surface area contributed by atoms with Crippen LogP contribution in [0.4, 0.5) is 0 Å². The molecule has 26 heavy (non-hydrogen) atoms. The van der Waals surface area contributed by atoms with Gasteiger partial charge in [-0.1, -0.05) is 34.5 Å². The van der Waals surface area contributed by atoms with Crippen LogP contribution < -0.4 is 5.32 Å². The highest BCUT2D eigenvalue weighted by Crippen LogP contribution is 2.35. The molecule has 2 saturated heterocycles. The monoisotopic (exact) mass is 393 g/mol. The van der Waals surface area contributed by atoms with E-state index in [0.717, 1.165) is 44.3 Å². The van der Waals surface area contributed by atoms with Crippen LogP contribution in [-0.4, -0.2) is 45.4 Å². The number of hydrogen-bond acceptors (Lipinski definition) is 4. The van der Waals surface area contributed by atoms with Crippen LogP contribution in [0, 0.1) is 0 Å². The van der Waals surface area contributed by atoms with Gasteiger partial charge >= 0.3 is 0 Å². The largest absolute Gasteiger partial charge is 0.330 e. The summed E-state index contributed by atoms with van der Waals surface area (Å²) in [5.74, 6) is -0.0706. The van der Waals surface area contributed by atoms with Gasteiger partial charge in [-0.3, -0.25) is 4.79 Å². The summed E-state index contributed by atoms with van der Waals surface area (Å²) in [4.78, 5) is 14.9. The van der Waals surface area contributed by atoms with E-state index in [-0.39, 0.29) is 11.9 Å². The Balaban J connectivity index is 1.53. The van der Waals surface area contributed by atoms with Crippen molar-refractivity contribution < 1.29 is 4.79 Å². The van der Waals surface area contributed by atoms with E-state index in [1.54, 1.807) is 12.3 Å². The fourth-order valence-electron chi connectivity index (χ4n) is 3.85. The number of piperidine rings is 1. The molecule has 1 N–H and O–H groups in total. The average Bonchev–Trinajstić information content (AvgIpc) is 3.34. The standard InChI is InChI=1S/C18H21Cl2N5O/c19-14-4-3-12(10-15(14)20)17-2-1-9-24(17)18(26)16-11-25(23-22-16)13-5-7-21-8-6-13/h3-4,10-11,13,17,21H,1-2,5-9H2. The second-order valence-electron chi connectivity index (χ2n) is 6.90. The van der Waals surface area contributed by atoms with Gasteiger partial charge in [0.1, 0.15) is 0 Å². The number of rotatable bonds is 3. The first kappa shape index (κ1) is 17.8. The quantitative estimate of drug-likeness (QED) is 0.866. The number of nitrogens with one attached hydrogen (secondary N) is 1. The zero-order chi connectivity index (χ0) is 18.1. The molecule has 1 atom stereocenters. The maximum absolute atomic E-state index is 13.0. The summed E-state index contributed by atoms with van der Waals surface area (Å²) in [7, 11) is 0. The normalized spacial score (nSPS) is 21.3. The van der Waals surface area contributed by atoms with Crippen LogP contribution in [0.1, 0.15) is 53.8 Å². The van der Waals surface area contributed by atoms with Crippen molar-refractivity contribution in [2.75, 3.05) is 19.6 Å². The predicted octanol–water partition coefficient (Wildman–Crippen LogP) is 3.49. The van der Waals surface area contributed by atoms with E-state index >= 15 is 0 Å². The molecule has 2 aliphatic rings. The molecule has 1 amide bonds. The Morgan fingerprint density at radius 3 is 2.73 bits per heavy atom. The number of likely N-dealkylation sites (tertiary alicyclic amines) is 1. The number of amides is 1. The lowest BCUT2D eigenvalue weighted by molar-refractivity contribution is 0.0729. The summed E-state index contributed by atoms with van der Waals surface area (Å²) in [6.45, 7) is 2.66. The zero-order valence-electron chi connectivity index (χ0n) is 14.4. The SMILES string of the molecule is O=C(c1cn(C2CCNCC2)nn1)N1CCCC1c1ccc(Cl)c(Cl)c1. The molecule has 0 bridgehead atoms. The highest BCUT2D eigenvalue weighted by molar-refractivity contribution is 6.42. The predicted molar refractivity (Wildman–Crippen MR) is 101 cm³/mol. The van der Waals surface area contributed by atoms with Gasteiger partial charge in [0.05, 0.1) is 28.3 Å². The summed E-state index contributed by atoms with van der Waals surface area (Å²) in [5.41, 5.74) is 1.42. The first-order valence-electron chi connectivity index (χ1n) is 9.02. The Morgan fingerprint density at radius 2 is 1.96 bits per heavy atom. The minimum absolute atomic E-state index is 0.00120. The fraction of sp³-hybridized carbons (Fsp3) is 0.500. The Morgan fingerprint density at radius 1 is 1.15 bits per heavy atom. The van der Waals surface area contributed by atoms with Crippen molar-refractivity contribution in [3.05, 3.63) is 45.7 Å². The number of carbonyl (C=O) groups is 1. The Labute approximate surface area is 162 Å². The number of halogens is 2. The van der Waals surface area contributed by atoms with Crippen molar-refractivity contribution in [1.82, 2.24) is 25.2 Å². The minimum atomic E-state index is -0.0706. The third kappa shape index (κ3) is 3.46. The maximum Gasteiger partial charge on any atom is 0.276 e. The fourth-order valence-corrected chi connectivity index (χ4v) is 4.15. The molecule has 2 aliphatic heterocycles. The van der Waals surface area contributed by atoms with Gasteiger partial charge in [0.2, 0.25) is 0 Å². The molecule has 1 aromatic heterocycles. The number of nitrogens with zero attached hydrogens (tertiary/aromatic N) is 4. The summed E-state index contributed by atoms with van der Waals surface area (Å²) in [6.07, 6.45) is 5.67. The minimum Gasteiger partial charge on any atom is -0.330 e. The summed E-state index contributed by atoms with van der Waals surface area (Å²) in [6, 6.07) is 5.90. The van der Waals surface area contributed by atoms with Crippen LogP contribution in [0.5, 0.6) is 0 Å². The van der Waals surface area contributed by atoms with Gasteiger partial charge in [0, 0.05) is 6.54 Å². The highest BCUT2D eigenvalue weighted by Gasteiger charge is 2.32. The van der Waals surface area contributed by atoms with Crippen molar-refractivity contribution in [3.63, 3.8) is 0 Å². The molecule has 0 spiro atoms. The maximum atomic E-state index is 13.0. The molecule has 3 heterocycles. The molecule has 2 fully saturated rings. The molecule has 2 aromatic rings. The van der Waals surface area contributed by atoms with Crippen molar-refractivity contribution in [3.8, 4) is 0 Å². The van der Waals surface area contributed by atoms with E-state index in [9.17, 15) is 4.79 Å². The van der Waals surface area contributed by atoms with Crippen LogP contribution >= 0.6 is 23.2 Å². The Hall–Kier alpha value is -1.63. The third-order valence-corrected chi connectivity index (χ3v) is 5.99. The molecule has 0 radical (unpaired) electrons. The number of hydrogen-bond donors (Lipinski definition) is 1. The molecule has 4 rings (SSSR count). The first-order chi connectivity index (χ1) is 12.6. The molecule has 0 aliphatic carbocycles. The summed E-state index contributed by atoms with van der Waals surface area (Å²) in [5, 5.41) is 12.7. The lowest BCUT2D eigenvalue weighted by Gasteiger charge is -2.24. The lowest BCUT2D eigenvalue weighted by atomic mass is 10.0. The second kappa shape index (κ2) is 7.55. The van der Waals surface area contributed by atoms with Gasteiger partial charge in [0.25, 0.3) is 5.91 Å². The average molecular weight is 394 g/mol. The third-order valence-electron chi connectivity index (χ3n) is 5.25. The molecular formula is C18H21Cl2N5O. The van der Waals surface area contributed by atoms with Gasteiger partial charge < -0.3 is 10.2 Å². The number of aromatic nitrogens is 3. The smallest absolute Gasteiger partial charge is 0.276 e. The Kier molecular flexibility index (Phi) is 5.16. The summed E-state index contributed by atoms with van der Waals surface area (Å²) < 4.78 is 1.85. The molecule has 1 aromatic carbocycles. The van der Waals surface area contributed by atoms with Crippen LogP contribution in [0.15, 0.2) is 24.4 Å². The molecule has 0 saturated carbocycles. The number of benzene rings is 1. The van der Waals surface area contributed by atoms with Gasteiger partial charge in [-0.15, -0.1) is 5.10 Å².